The standard InChI is InChI=1S/C17H14N2O8S/c1-25-15(20)9-5-10(16(21)26-2)7-11(6-9)19-28(23,24)12-3-4-13-14(8-12)27-17(22)18-13/h3-8,19H,1-2H3,(H,18,22). The van der Waals surface area contributed by atoms with Crippen LogP contribution in [0.25, 0.3) is 11.1 Å². The van der Waals surface area contributed by atoms with Crippen molar-refractivity contribution in [3.63, 3.8) is 0 Å². The van der Waals surface area contributed by atoms with Crippen molar-refractivity contribution in [3.05, 3.63) is 58.1 Å². The number of fused-ring (bicyclic) bond motifs is 1. The normalized spacial score (nSPS) is 11.2. The molecule has 11 heteroatoms. The fourth-order valence-electron chi connectivity index (χ4n) is 2.46. The van der Waals surface area contributed by atoms with Crippen molar-refractivity contribution < 1.29 is 31.9 Å². The number of aromatic amines is 1. The second kappa shape index (κ2) is 7.19. The van der Waals surface area contributed by atoms with Crippen molar-refractivity contribution in [1.82, 2.24) is 4.98 Å². The molecule has 0 saturated heterocycles. The molecule has 0 atom stereocenters. The summed E-state index contributed by atoms with van der Waals surface area (Å²) in [6.45, 7) is 0. The van der Waals surface area contributed by atoms with Gasteiger partial charge in [0.25, 0.3) is 10.0 Å². The van der Waals surface area contributed by atoms with Gasteiger partial charge >= 0.3 is 17.7 Å². The van der Waals surface area contributed by atoms with E-state index < -0.39 is 27.7 Å². The van der Waals surface area contributed by atoms with Crippen molar-refractivity contribution in [3.8, 4) is 0 Å². The lowest BCUT2D eigenvalue weighted by Crippen LogP contribution is -2.15. The highest BCUT2D eigenvalue weighted by Gasteiger charge is 2.19. The molecular formula is C17H14N2O8S. The molecule has 3 rings (SSSR count). The van der Waals surface area contributed by atoms with Gasteiger partial charge in [-0.25, -0.2) is 22.8 Å². The Balaban J connectivity index is 2.03. The summed E-state index contributed by atoms with van der Waals surface area (Å²) < 4.78 is 41.7. The molecule has 0 radical (unpaired) electrons. The van der Waals surface area contributed by atoms with E-state index in [0.717, 1.165) is 14.2 Å². The zero-order valence-corrected chi connectivity index (χ0v) is 15.5. The highest BCUT2D eigenvalue weighted by atomic mass is 32.2. The first-order chi connectivity index (χ1) is 13.2. The minimum absolute atomic E-state index is 0.0461. The third-order valence-corrected chi connectivity index (χ3v) is 5.11. The van der Waals surface area contributed by atoms with E-state index >= 15 is 0 Å². The third kappa shape index (κ3) is 3.74. The van der Waals surface area contributed by atoms with Gasteiger partial charge in [0.1, 0.15) is 0 Å². The van der Waals surface area contributed by atoms with Crippen LogP contribution in [0.3, 0.4) is 0 Å². The first-order valence-corrected chi connectivity index (χ1v) is 9.19. The summed E-state index contributed by atoms with van der Waals surface area (Å²) in [7, 11) is -1.82. The molecule has 0 saturated carbocycles. The summed E-state index contributed by atoms with van der Waals surface area (Å²) in [5.41, 5.74) is 0.250. The minimum atomic E-state index is -4.12. The zero-order chi connectivity index (χ0) is 20.5. The van der Waals surface area contributed by atoms with Gasteiger partial charge in [0, 0.05) is 6.07 Å². The predicted octanol–water partition coefficient (Wildman–Crippen LogP) is 1.50. The molecular weight excluding hydrogens is 392 g/mol. The SMILES string of the molecule is COC(=O)c1cc(NS(=O)(=O)c2ccc3[nH]c(=O)oc3c2)cc(C(=O)OC)c1. The van der Waals surface area contributed by atoms with Gasteiger partial charge in [0.05, 0.1) is 41.4 Å². The van der Waals surface area contributed by atoms with Gasteiger partial charge in [-0.15, -0.1) is 0 Å². The topological polar surface area (TPSA) is 145 Å². The molecule has 28 heavy (non-hydrogen) atoms. The monoisotopic (exact) mass is 406 g/mol. The van der Waals surface area contributed by atoms with Crippen molar-refractivity contribution in [2.24, 2.45) is 0 Å². The fraction of sp³-hybridized carbons (Fsp3) is 0.118. The van der Waals surface area contributed by atoms with Crippen molar-refractivity contribution in [1.29, 1.82) is 0 Å². The zero-order valence-electron chi connectivity index (χ0n) is 14.6. The number of sulfonamides is 1. The first kappa shape index (κ1) is 19.2. The van der Waals surface area contributed by atoms with Gasteiger partial charge in [-0.3, -0.25) is 9.71 Å². The Kier molecular flexibility index (Phi) is 4.92. The van der Waals surface area contributed by atoms with Gasteiger partial charge < -0.3 is 13.9 Å². The lowest BCUT2D eigenvalue weighted by Gasteiger charge is -2.11. The van der Waals surface area contributed by atoms with Gasteiger partial charge in [-0.1, -0.05) is 0 Å². The summed E-state index contributed by atoms with van der Waals surface area (Å²) >= 11 is 0. The Morgan fingerprint density at radius 1 is 1.00 bits per heavy atom. The molecule has 1 aromatic heterocycles. The molecule has 0 aliphatic carbocycles. The van der Waals surface area contributed by atoms with Crippen LogP contribution < -0.4 is 10.5 Å². The summed E-state index contributed by atoms with van der Waals surface area (Å²) in [5.74, 6) is -2.24. The van der Waals surface area contributed by atoms with Crippen LogP contribution in [0.15, 0.2) is 50.5 Å². The van der Waals surface area contributed by atoms with Crippen LogP contribution in [0, 0.1) is 0 Å². The number of nitrogens with one attached hydrogen (secondary N) is 2. The number of carbonyl (C=O) groups excluding carboxylic acids is 2. The van der Waals surface area contributed by atoms with E-state index in [1.165, 1.54) is 36.4 Å². The minimum Gasteiger partial charge on any atom is -0.465 e. The first-order valence-electron chi connectivity index (χ1n) is 7.71. The number of aromatic nitrogens is 1. The molecule has 146 valence electrons. The lowest BCUT2D eigenvalue weighted by molar-refractivity contribution is 0.0599. The van der Waals surface area contributed by atoms with Crippen molar-refractivity contribution >= 4 is 38.7 Å². The van der Waals surface area contributed by atoms with Crippen LogP contribution in [0.4, 0.5) is 5.69 Å². The van der Waals surface area contributed by atoms with Gasteiger partial charge in [-0.2, -0.15) is 0 Å². The van der Waals surface area contributed by atoms with E-state index in [1.54, 1.807) is 0 Å². The molecule has 1 heterocycles. The van der Waals surface area contributed by atoms with Crippen LogP contribution in [0.1, 0.15) is 20.7 Å². The number of ether oxygens (including phenoxy) is 2. The number of methoxy groups -OCH3 is 2. The summed E-state index contributed by atoms with van der Waals surface area (Å²) in [6.07, 6.45) is 0. The number of anilines is 1. The van der Waals surface area contributed by atoms with Crippen LogP contribution in [0.2, 0.25) is 0 Å². The molecule has 2 aromatic carbocycles. The Hall–Kier alpha value is -3.60. The molecule has 0 aliphatic heterocycles. The quantitative estimate of drug-likeness (QED) is 0.606. The molecule has 10 nitrogen and oxygen atoms in total. The van der Waals surface area contributed by atoms with E-state index in [9.17, 15) is 22.8 Å². The van der Waals surface area contributed by atoms with Crippen molar-refractivity contribution in [2.75, 3.05) is 18.9 Å². The Morgan fingerprint density at radius 3 is 2.18 bits per heavy atom. The number of benzene rings is 2. The van der Waals surface area contributed by atoms with Gasteiger partial charge in [0.2, 0.25) is 0 Å². The van der Waals surface area contributed by atoms with Gasteiger partial charge in [-0.05, 0) is 30.3 Å². The number of esters is 2. The summed E-state index contributed by atoms with van der Waals surface area (Å²) in [5, 5.41) is 0. The molecule has 3 aromatic rings. The molecule has 0 unspecified atom stereocenters. The molecule has 0 amide bonds. The smallest absolute Gasteiger partial charge is 0.417 e. The Bertz CT molecular complexity index is 1210. The number of hydrogen-bond acceptors (Lipinski definition) is 8. The van der Waals surface area contributed by atoms with Crippen LogP contribution in [0.5, 0.6) is 0 Å². The largest absolute Gasteiger partial charge is 0.465 e. The van der Waals surface area contributed by atoms with Crippen LogP contribution in [-0.4, -0.2) is 39.6 Å². The maximum Gasteiger partial charge on any atom is 0.417 e. The Morgan fingerprint density at radius 2 is 1.61 bits per heavy atom. The number of rotatable bonds is 5. The summed E-state index contributed by atoms with van der Waals surface area (Å²) in [4.78, 5) is 37.1. The predicted molar refractivity (Wildman–Crippen MR) is 96.8 cm³/mol. The maximum atomic E-state index is 12.7. The second-order valence-electron chi connectivity index (χ2n) is 5.56. The number of hydrogen-bond donors (Lipinski definition) is 2. The highest BCUT2D eigenvalue weighted by Crippen LogP contribution is 2.22. The second-order valence-corrected chi connectivity index (χ2v) is 7.24. The number of H-pyrrole nitrogens is 1. The number of carbonyl (C=O) groups is 2. The summed E-state index contributed by atoms with van der Waals surface area (Å²) in [6, 6.07) is 7.45. The third-order valence-electron chi connectivity index (χ3n) is 3.73. The highest BCUT2D eigenvalue weighted by molar-refractivity contribution is 7.92. The van der Waals surface area contributed by atoms with E-state index in [2.05, 4.69) is 19.2 Å². The van der Waals surface area contributed by atoms with Crippen molar-refractivity contribution in [2.45, 2.75) is 4.90 Å². The van der Waals surface area contributed by atoms with E-state index in [1.807, 2.05) is 0 Å². The molecule has 0 fully saturated rings. The lowest BCUT2D eigenvalue weighted by atomic mass is 10.1. The average molecular weight is 406 g/mol. The average Bonchev–Trinajstić information content (AvgIpc) is 3.05. The van der Waals surface area contributed by atoms with Gasteiger partial charge in [0.15, 0.2) is 5.58 Å². The van der Waals surface area contributed by atoms with E-state index in [0.29, 0.717) is 5.52 Å². The fourth-order valence-corrected chi connectivity index (χ4v) is 3.52. The van der Waals surface area contributed by atoms with E-state index in [4.69, 9.17) is 4.42 Å². The molecule has 0 spiro atoms. The van der Waals surface area contributed by atoms with Crippen LogP contribution >= 0.6 is 0 Å². The molecule has 2 N–H and O–H groups in total. The maximum absolute atomic E-state index is 12.7. The Labute approximate surface area is 158 Å². The molecule has 0 bridgehead atoms. The number of oxazole rings is 1. The van der Waals surface area contributed by atoms with Crippen LogP contribution in [-0.2, 0) is 19.5 Å². The molecule has 0 aliphatic rings. The van der Waals surface area contributed by atoms with E-state index in [-0.39, 0.29) is 27.3 Å².